The number of aromatic nitrogens is 1. The molecular weight excluding hydrogens is 333 g/mol. The van der Waals surface area contributed by atoms with E-state index >= 15 is 0 Å². The maximum absolute atomic E-state index is 5.92. The van der Waals surface area contributed by atoms with Gasteiger partial charge in [-0.1, -0.05) is 34.2 Å². The van der Waals surface area contributed by atoms with Crippen LogP contribution in [-0.4, -0.2) is 15.5 Å². The number of rotatable bonds is 2. The lowest BCUT2D eigenvalue weighted by Crippen LogP contribution is -2.23. The molecule has 78 valence electrons. The van der Waals surface area contributed by atoms with Crippen molar-refractivity contribution in [2.75, 3.05) is 4.43 Å². The quantitative estimate of drug-likeness (QED) is 0.601. The van der Waals surface area contributed by atoms with Gasteiger partial charge >= 0.3 is 0 Å². The molecule has 0 spiro atoms. The van der Waals surface area contributed by atoms with Crippen molar-refractivity contribution in [1.29, 1.82) is 0 Å². The molecule has 0 aromatic carbocycles. The van der Waals surface area contributed by atoms with Crippen molar-refractivity contribution in [3.63, 3.8) is 0 Å². The van der Waals surface area contributed by atoms with Crippen LogP contribution in [0.2, 0.25) is 4.34 Å². The molecule has 0 bridgehead atoms. The van der Waals surface area contributed by atoms with Gasteiger partial charge in [-0.2, -0.15) is 0 Å². The summed E-state index contributed by atoms with van der Waals surface area (Å²) in [6, 6.07) is 0. The van der Waals surface area contributed by atoms with Gasteiger partial charge in [0.25, 0.3) is 0 Å². The van der Waals surface area contributed by atoms with E-state index in [1.807, 2.05) is 0 Å². The lowest BCUT2D eigenvalue weighted by atomic mass is 10.1. The molecular formula is C9H11ClINOS. The zero-order chi connectivity index (χ0) is 9.97. The van der Waals surface area contributed by atoms with Crippen LogP contribution in [-0.2, 0) is 4.74 Å². The first-order chi connectivity index (χ1) is 6.79. The van der Waals surface area contributed by atoms with Crippen molar-refractivity contribution in [2.45, 2.75) is 31.5 Å². The van der Waals surface area contributed by atoms with Crippen LogP contribution in [0.15, 0.2) is 6.20 Å². The average molecular weight is 344 g/mol. The Bertz CT molecular complexity index is 307. The van der Waals surface area contributed by atoms with Crippen molar-refractivity contribution >= 4 is 45.5 Å². The van der Waals surface area contributed by atoms with E-state index in [1.54, 1.807) is 6.20 Å². The highest BCUT2D eigenvalue weighted by Crippen LogP contribution is 2.34. The smallest absolute Gasteiger partial charge is 0.123 e. The first kappa shape index (κ1) is 11.1. The molecule has 2 atom stereocenters. The van der Waals surface area contributed by atoms with Gasteiger partial charge < -0.3 is 4.74 Å². The highest BCUT2D eigenvalue weighted by molar-refractivity contribution is 14.1. The average Bonchev–Trinajstić information content (AvgIpc) is 2.65. The van der Waals surface area contributed by atoms with E-state index in [9.17, 15) is 0 Å². The van der Waals surface area contributed by atoms with Gasteiger partial charge in [0.05, 0.1) is 12.3 Å². The fraction of sp³-hybridized carbons (Fsp3) is 0.667. The van der Waals surface area contributed by atoms with Crippen LogP contribution >= 0.6 is 45.5 Å². The van der Waals surface area contributed by atoms with Crippen LogP contribution in [0.4, 0.5) is 0 Å². The fourth-order valence-corrected chi connectivity index (χ4v) is 3.26. The molecule has 2 heterocycles. The maximum Gasteiger partial charge on any atom is 0.123 e. The zero-order valence-corrected chi connectivity index (χ0v) is 11.3. The summed E-state index contributed by atoms with van der Waals surface area (Å²) < 4.78 is 7.73. The zero-order valence-electron chi connectivity index (χ0n) is 7.58. The molecule has 1 fully saturated rings. The molecule has 1 aliphatic heterocycles. The van der Waals surface area contributed by atoms with Gasteiger partial charge in [-0.05, 0) is 19.3 Å². The molecule has 0 N–H and O–H groups in total. The molecule has 0 aliphatic carbocycles. The van der Waals surface area contributed by atoms with Crippen LogP contribution in [0.25, 0.3) is 0 Å². The monoisotopic (exact) mass is 343 g/mol. The molecule has 1 aliphatic rings. The van der Waals surface area contributed by atoms with E-state index in [0.29, 0.717) is 6.10 Å². The van der Waals surface area contributed by atoms with Crippen molar-refractivity contribution in [2.24, 2.45) is 0 Å². The van der Waals surface area contributed by atoms with Crippen molar-refractivity contribution in [3.05, 3.63) is 15.5 Å². The molecule has 0 saturated carbocycles. The van der Waals surface area contributed by atoms with E-state index < -0.39 is 0 Å². The molecule has 0 amide bonds. The van der Waals surface area contributed by atoms with E-state index in [-0.39, 0.29) is 6.10 Å². The molecule has 1 aromatic heterocycles. The topological polar surface area (TPSA) is 22.1 Å². The Labute approximate surface area is 106 Å². The minimum Gasteiger partial charge on any atom is -0.367 e. The third-order valence-corrected chi connectivity index (χ3v) is 4.48. The Balaban J connectivity index is 2.04. The summed E-state index contributed by atoms with van der Waals surface area (Å²) in [6.07, 6.45) is 5.78. The van der Waals surface area contributed by atoms with Crippen LogP contribution in [0.5, 0.6) is 0 Å². The van der Waals surface area contributed by atoms with Crippen molar-refractivity contribution < 1.29 is 4.74 Å². The molecule has 14 heavy (non-hydrogen) atoms. The van der Waals surface area contributed by atoms with Gasteiger partial charge in [0.1, 0.15) is 15.4 Å². The van der Waals surface area contributed by atoms with Gasteiger partial charge in [0.2, 0.25) is 0 Å². The Kier molecular flexibility index (Phi) is 4.04. The molecule has 5 heteroatoms. The number of halogens is 2. The largest absolute Gasteiger partial charge is 0.367 e. The highest BCUT2D eigenvalue weighted by atomic mass is 127. The minimum atomic E-state index is 0.181. The van der Waals surface area contributed by atoms with E-state index in [2.05, 4.69) is 27.6 Å². The summed E-state index contributed by atoms with van der Waals surface area (Å²) in [4.78, 5) is 4.27. The fourth-order valence-electron chi connectivity index (χ4n) is 1.61. The summed E-state index contributed by atoms with van der Waals surface area (Å²) >= 11 is 9.76. The van der Waals surface area contributed by atoms with E-state index in [4.69, 9.17) is 16.3 Å². The van der Waals surface area contributed by atoms with Gasteiger partial charge in [-0.25, -0.2) is 4.98 Å². The Morgan fingerprint density at radius 3 is 3.14 bits per heavy atom. The predicted molar refractivity (Wildman–Crippen MR) is 67.5 cm³/mol. The van der Waals surface area contributed by atoms with Crippen molar-refractivity contribution in [1.82, 2.24) is 4.98 Å². The number of hydrogen-bond donors (Lipinski definition) is 0. The third-order valence-electron chi connectivity index (χ3n) is 2.29. The number of hydrogen-bond acceptors (Lipinski definition) is 3. The number of ether oxygens (including phenoxy) is 1. The van der Waals surface area contributed by atoms with Crippen LogP contribution < -0.4 is 0 Å². The summed E-state index contributed by atoms with van der Waals surface area (Å²) in [5, 5.41) is 1.03. The van der Waals surface area contributed by atoms with Gasteiger partial charge in [0, 0.05) is 4.43 Å². The number of nitrogens with zero attached hydrogens (tertiary/aromatic N) is 1. The Morgan fingerprint density at radius 2 is 2.50 bits per heavy atom. The number of thiazole rings is 1. The molecule has 1 saturated heterocycles. The van der Waals surface area contributed by atoms with Gasteiger partial charge in [-0.15, -0.1) is 11.3 Å². The second-order valence-electron chi connectivity index (χ2n) is 3.33. The third kappa shape index (κ3) is 2.59. The highest BCUT2D eigenvalue weighted by Gasteiger charge is 2.24. The lowest BCUT2D eigenvalue weighted by molar-refractivity contribution is -0.0376. The lowest BCUT2D eigenvalue weighted by Gasteiger charge is -2.27. The summed E-state index contributed by atoms with van der Waals surface area (Å²) in [7, 11) is 0. The molecule has 0 radical (unpaired) electrons. The molecule has 1 aromatic rings. The van der Waals surface area contributed by atoms with Gasteiger partial charge in [0.15, 0.2) is 0 Å². The first-order valence-electron chi connectivity index (χ1n) is 4.62. The Hall–Kier alpha value is 0.610. The molecule has 2 nitrogen and oxygen atoms in total. The Morgan fingerprint density at radius 1 is 1.64 bits per heavy atom. The van der Waals surface area contributed by atoms with E-state index in [0.717, 1.165) is 20.2 Å². The summed E-state index contributed by atoms with van der Waals surface area (Å²) in [5.41, 5.74) is 0. The maximum atomic E-state index is 5.92. The normalized spacial score (nSPS) is 27.9. The standard InChI is InChI=1S/C9H11ClINOS/c10-8-5-12-9(14-8)7-3-1-2-6(4-11)13-7/h5-7H,1-4H2. The SMILES string of the molecule is Clc1cnc(C2CCCC(CI)O2)s1. The van der Waals surface area contributed by atoms with Gasteiger partial charge in [-0.3, -0.25) is 0 Å². The van der Waals surface area contributed by atoms with E-state index in [1.165, 1.54) is 24.2 Å². The molecule has 2 unspecified atom stereocenters. The molecule has 2 rings (SSSR count). The minimum absolute atomic E-state index is 0.181. The number of alkyl halides is 1. The van der Waals surface area contributed by atoms with Crippen LogP contribution in [0.3, 0.4) is 0 Å². The van der Waals surface area contributed by atoms with Crippen LogP contribution in [0, 0.1) is 0 Å². The predicted octanol–water partition coefficient (Wildman–Crippen LogP) is 3.84. The first-order valence-corrected chi connectivity index (χ1v) is 7.34. The second kappa shape index (κ2) is 5.09. The summed E-state index contributed by atoms with van der Waals surface area (Å²) in [6.45, 7) is 0. The van der Waals surface area contributed by atoms with Crippen molar-refractivity contribution in [3.8, 4) is 0 Å². The summed E-state index contributed by atoms with van der Waals surface area (Å²) in [5.74, 6) is 0. The second-order valence-corrected chi connectivity index (χ2v) is 5.91. The van der Waals surface area contributed by atoms with Crippen LogP contribution in [0.1, 0.15) is 30.4 Å².